The molecule has 9 heteroatoms. The number of rotatable bonds is 61. The quantitative estimate of drug-likeness (QED) is 0.0272. The molecule has 0 bridgehead atoms. The van der Waals surface area contributed by atoms with E-state index >= 15 is 0 Å². The maximum atomic E-state index is 13.0. The zero-order valence-electron chi connectivity index (χ0n) is 54.4. The molecule has 0 aliphatic rings. The summed E-state index contributed by atoms with van der Waals surface area (Å²) in [6.45, 7) is 4.48. The van der Waals surface area contributed by atoms with Crippen LogP contribution in [0, 0.1) is 0 Å². The third-order valence-corrected chi connectivity index (χ3v) is 15.6. The van der Waals surface area contributed by atoms with Gasteiger partial charge in [0.25, 0.3) is 7.82 Å². The molecule has 0 aromatic heterocycles. The van der Waals surface area contributed by atoms with E-state index in [4.69, 9.17) is 9.05 Å². The minimum atomic E-state index is -4.64. The van der Waals surface area contributed by atoms with Crippen molar-refractivity contribution in [3.63, 3.8) is 0 Å². The summed E-state index contributed by atoms with van der Waals surface area (Å²) in [5.41, 5.74) is 0. The SMILES string of the molecule is CC/C=C\C/C=C\C/C=C\C/C=C\C/C=C\C/C=C\C/C=C\C/C=C\C/C=C\CCCC(=O)NC(COP(=O)([O-])OCC[N+](C)(C)C)C(O)/C=C/CC/C=C/CCCCCCCCCCCCCCCCCCCCCCCCCCCC. The van der Waals surface area contributed by atoms with Gasteiger partial charge in [0.1, 0.15) is 13.2 Å². The molecule has 0 rings (SSSR count). The van der Waals surface area contributed by atoms with E-state index in [1.54, 1.807) is 6.08 Å². The minimum Gasteiger partial charge on any atom is -0.756 e. The molecule has 8 nitrogen and oxygen atoms in total. The average Bonchev–Trinajstić information content (AvgIpc) is 3.50. The Morgan fingerprint density at radius 1 is 0.434 bits per heavy atom. The van der Waals surface area contributed by atoms with Crippen LogP contribution in [0.4, 0.5) is 0 Å². The van der Waals surface area contributed by atoms with Gasteiger partial charge in [-0.05, 0) is 96.3 Å². The van der Waals surface area contributed by atoms with Crippen LogP contribution in [0.1, 0.15) is 277 Å². The van der Waals surface area contributed by atoms with Crippen LogP contribution in [-0.4, -0.2) is 68.5 Å². The lowest BCUT2D eigenvalue weighted by Gasteiger charge is -2.29. The number of carbonyl (C=O) groups excluding carboxylic acids is 1. The van der Waals surface area contributed by atoms with Crippen molar-refractivity contribution in [2.45, 2.75) is 289 Å². The molecule has 0 saturated heterocycles. The minimum absolute atomic E-state index is 0.0247. The smallest absolute Gasteiger partial charge is 0.268 e. The fourth-order valence-electron chi connectivity index (χ4n) is 9.35. The lowest BCUT2D eigenvalue weighted by atomic mass is 10.0. The third kappa shape index (κ3) is 66.0. The van der Waals surface area contributed by atoms with E-state index in [-0.39, 0.29) is 18.9 Å². The van der Waals surface area contributed by atoms with Crippen LogP contribution < -0.4 is 10.2 Å². The molecule has 0 heterocycles. The molecule has 0 radical (unpaired) electrons. The lowest BCUT2D eigenvalue weighted by Crippen LogP contribution is -2.45. The molecule has 0 aromatic carbocycles. The summed E-state index contributed by atoms with van der Waals surface area (Å²) in [6.07, 6.45) is 95.9. The van der Waals surface area contributed by atoms with Crippen LogP contribution in [0.5, 0.6) is 0 Å². The highest BCUT2D eigenvalue weighted by atomic mass is 31.2. The number of aliphatic hydroxyl groups excluding tert-OH is 1. The van der Waals surface area contributed by atoms with Gasteiger partial charge in [-0.3, -0.25) is 9.36 Å². The second-order valence-corrected chi connectivity index (χ2v) is 25.2. The van der Waals surface area contributed by atoms with Crippen molar-refractivity contribution in [1.82, 2.24) is 5.32 Å². The Bertz CT molecular complexity index is 1810. The highest BCUT2D eigenvalue weighted by molar-refractivity contribution is 7.45. The molecule has 3 unspecified atom stereocenters. The van der Waals surface area contributed by atoms with Gasteiger partial charge in [0.05, 0.1) is 39.9 Å². The highest BCUT2D eigenvalue weighted by Crippen LogP contribution is 2.38. The van der Waals surface area contributed by atoms with Crippen LogP contribution in [-0.2, 0) is 18.4 Å². The molecule has 0 aliphatic heterocycles. The van der Waals surface area contributed by atoms with Gasteiger partial charge in [-0.15, -0.1) is 0 Å². The molecule has 0 aliphatic carbocycles. The molecule has 0 spiro atoms. The summed E-state index contributed by atoms with van der Waals surface area (Å²) in [5.74, 6) is -0.268. The molecular formula is C74H129N2O6P. The summed E-state index contributed by atoms with van der Waals surface area (Å²) in [4.78, 5) is 25.6. The molecule has 3 atom stereocenters. The van der Waals surface area contributed by atoms with Crippen LogP contribution in [0.3, 0.4) is 0 Å². The number of amides is 1. The number of hydrogen-bond acceptors (Lipinski definition) is 6. The predicted octanol–water partition coefficient (Wildman–Crippen LogP) is 21.2. The Hall–Kier alpha value is -3.36. The number of nitrogens with one attached hydrogen (secondary N) is 1. The number of quaternary nitrogens is 1. The Morgan fingerprint density at radius 3 is 1.12 bits per heavy atom. The van der Waals surface area contributed by atoms with Gasteiger partial charge in [-0.1, -0.05) is 308 Å². The molecule has 0 fully saturated rings. The Balaban J connectivity index is 4.27. The van der Waals surface area contributed by atoms with E-state index in [9.17, 15) is 19.4 Å². The second kappa shape index (κ2) is 63.2. The molecule has 2 N–H and O–H groups in total. The van der Waals surface area contributed by atoms with Gasteiger partial charge in [0.2, 0.25) is 5.91 Å². The van der Waals surface area contributed by atoms with E-state index in [1.165, 1.54) is 167 Å². The van der Waals surface area contributed by atoms with Gasteiger partial charge in [0, 0.05) is 6.42 Å². The van der Waals surface area contributed by atoms with E-state index in [0.29, 0.717) is 17.4 Å². The van der Waals surface area contributed by atoms with E-state index in [1.807, 2.05) is 27.2 Å². The number of hydrogen-bond donors (Lipinski definition) is 2. The monoisotopic (exact) mass is 1170 g/mol. The number of carbonyl (C=O) groups is 1. The average molecular weight is 1170 g/mol. The summed E-state index contributed by atoms with van der Waals surface area (Å²) in [6, 6.07) is -0.947. The molecule has 83 heavy (non-hydrogen) atoms. The standard InChI is InChI=1S/C74H129N2O6P/c1-6-8-10-12-14-16-18-20-22-24-26-28-30-32-34-36-37-38-40-41-43-45-47-49-51-53-55-57-59-61-63-65-67-73(77)72(71-82-83(79,80)81-70-69-76(3,4)5)75-74(78)68-66-64-62-60-58-56-54-52-50-48-46-44-42-39-35-33-31-29-27-25-23-21-19-17-15-13-11-9-7-2/h9,11,15,17,21,23,27,29,33,35,42,44,48,50,54,56-57,59-60,62,65,67,72-73,77H,6-8,10,12-14,16,18-20,22,24-26,28,30-32,34,36-41,43,45-47,49,51-53,55,58,61,63-64,66,68-71H2,1-5H3,(H-,75,78,79,80)/b11-9-,17-15-,23-21-,29-27-,35-33-,44-42-,50-48-,56-54-,59-57+,62-60-,67-65+. The van der Waals surface area contributed by atoms with Crippen LogP contribution in [0.2, 0.25) is 0 Å². The van der Waals surface area contributed by atoms with Crippen molar-refractivity contribution in [3.05, 3.63) is 134 Å². The number of aliphatic hydroxyl groups is 1. The van der Waals surface area contributed by atoms with Crippen LogP contribution in [0.15, 0.2) is 134 Å². The first-order valence-corrected chi connectivity index (χ1v) is 35.5. The van der Waals surface area contributed by atoms with Crippen LogP contribution in [0.25, 0.3) is 0 Å². The Labute approximate surface area is 513 Å². The number of likely N-dealkylation sites (N-methyl/N-ethyl adjacent to an activating group) is 1. The van der Waals surface area contributed by atoms with Gasteiger partial charge in [-0.2, -0.15) is 0 Å². The summed E-state index contributed by atoms with van der Waals surface area (Å²) in [5, 5.41) is 13.9. The van der Waals surface area contributed by atoms with Crippen molar-refractivity contribution in [2.75, 3.05) is 40.9 Å². The third-order valence-electron chi connectivity index (χ3n) is 14.6. The molecule has 1 amide bonds. The summed E-state index contributed by atoms with van der Waals surface area (Å²) >= 11 is 0. The van der Waals surface area contributed by atoms with Gasteiger partial charge < -0.3 is 28.8 Å². The predicted molar refractivity (Wildman–Crippen MR) is 362 cm³/mol. The number of unbranched alkanes of at least 4 members (excludes halogenated alkanes) is 28. The van der Waals surface area contributed by atoms with Crippen molar-refractivity contribution < 1.29 is 32.9 Å². The van der Waals surface area contributed by atoms with Crippen molar-refractivity contribution in [2.24, 2.45) is 0 Å². The van der Waals surface area contributed by atoms with Gasteiger partial charge in [0.15, 0.2) is 0 Å². The fourth-order valence-corrected chi connectivity index (χ4v) is 10.1. The number of phosphoric ester groups is 1. The van der Waals surface area contributed by atoms with Crippen molar-refractivity contribution in [3.8, 4) is 0 Å². The van der Waals surface area contributed by atoms with Crippen LogP contribution >= 0.6 is 7.82 Å². The number of nitrogens with zero attached hydrogens (tertiary/aromatic N) is 1. The molecule has 0 saturated carbocycles. The first-order valence-electron chi connectivity index (χ1n) is 34.0. The van der Waals surface area contributed by atoms with Gasteiger partial charge >= 0.3 is 0 Å². The maximum absolute atomic E-state index is 13.0. The lowest BCUT2D eigenvalue weighted by molar-refractivity contribution is -0.870. The largest absolute Gasteiger partial charge is 0.756 e. The first-order chi connectivity index (χ1) is 40.5. The second-order valence-electron chi connectivity index (χ2n) is 23.8. The molecular weight excluding hydrogens is 1040 g/mol. The van der Waals surface area contributed by atoms with Gasteiger partial charge in [-0.25, -0.2) is 0 Å². The zero-order valence-corrected chi connectivity index (χ0v) is 55.2. The normalized spacial score (nSPS) is 14.5. The molecule has 476 valence electrons. The Morgan fingerprint density at radius 2 is 0.747 bits per heavy atom. The fraction of sp³-hybridized carbons (Fsp3) is 0.689. The highest BCUT2D eigenvalue weighted by Gasteiger charge is 2.23. The van der Waals surface area contributed by atoms with E-state index < -0.39 is 26.6 Å². The van der Waals surface area contributed by atoms with E-state index in [2.05, 4.69) is 141 Å². The maximum Gasteiger partial charge on any atom is 0.268 e. The summed E-state index contributed by atoms with van der Waals surface area (Å²) < 4.78 is 23.4. The first kappa shape index (κ1) is 79.6. The Kier molecular flexibility index (Phi) is 60.6. The zero-order chi connectivity index (χ0) is 60.5. The molecule has 0 aromatic rings. The summed E-state index contributed by atoms with van der Waals surface area (Å²) in [7, 11) is 1.19. The van der Waals surface area contributed by atoms with Crippen molar-refractivity contribution in [1.29, 1.82) is 0 Å². The van der Waals surface area contributed by atoms with E-state index in [0.717, 1.165) is 83.5 Å². The van der Waals surface area contributed by atoms with Crippen molar-refractivity contribution >= 4 is 13.7 Å². The topological polar surface area (TPSA) is 108 Å². The number of phosphoric acid groups is 1. The number of allylic oxidation sites excluding steroid dienone is 21.